The van der Waals surface area contributed by atoms with Crippen molar-refractivity contribution in [1.29, 1.82) is 5.26 Å². The van der Waals surface area contributed by atoms with Crippen molar-refractivity contribution >= 4 is 5.91 Å². The molecule has 2 atom stereocenters. The van der Waals surface area contributed by atoms with Crippen LogP contribution in [-0.2, 0) is 29.5 Å². The third-order valence-corrected chi connectivity index (χ3v) is 6.67. The van der Waals surface area contributed by atoms with Gasteiger partial charge in [-0.25, -0.2) is 4.98 Å². The molecular formula is C27H28F3N5O. The van der Waals surface area contributed by atoms with Gasteiger partial charge >= 0.3 is 6.18 Å². The lowest BCUT2D eigenvalue weighted by atomic mass is 9.87. The fourth-order valence-electron chi connectivity index (χ4n) is 4.76. The number of benzene rings is 2. The molecule has 1 aromatic heterocycles. The minimum absolute atomic E-state index is 0.102. The number of amides is 1. The zero-order valence-corrected chi connectivity index (χ0v) is 20.0. The summed E-state index contributed by atoms with van der Waals surface area (Å²) in [5.74, 6) is -0.387. The molecule has 36 heavy (non-hydrogen) atoms. The molecule has 2 aromatic carbocycles. The summed E-state index contributed by atoms with van der Waals surface area (Å²) < 4.78 is 39.3. The maximum Gasteiger partial charge on any atom is 0.416 e. The Labute approximate surface area is 208 Å². The molecule has 1 amide bonds. The second-order valence-corrected chi connectivity index (χ2v) is 9.54. The number of alkyl halides is 3. The molecule has 4 rings (SSSR count). The predicted octanol–water partition coefficient (Wildman–Crippen LogP) is 4.79. The number of nitrogens with zero attached hydrogens (tertiary/aromatic N) is 3. The lowest BCUT2D eigenvalue weighted by Crippen LogP contribution is -2.51. The SMILES string of the molecule is CC(Cc1ccc(C#N)cc1)(NC(=O)[C@H]1CCCN(Cc2cccc(C(F)(F)F)c2)C1)c1cnc[nH]1. The Balaban J connectivity index is 1.45. The van der Waals surface area contributed by atoms with E-state index in [0.717, 1.165) is 30.3 Å². The van der Waals surface area contributed by atoms with Crippen LogP contribution in [0.4, 0.5) is 13.2 Å². The molecule has 1 aliphatic heterocycles. The number of carbonyl (C=O) groups is 1. The maximum atomic E-state index is 13.4. The van der Waals surface area contributed by atoms with Gasteiger partial charge in [0.15, 0.2) is 0 Å². The van der Waals surface area contributed by atoms with Crippen molar-refractivity contribution in [2.24, 2.45) is 5.92 Å². The molecule has 9 heteroatoms. The molecule has 1 fully saturated rings. The van der Waals surface area contributed by atoms with Crippen LogP contribution in [0.3, 0.4) is 0 Å². The highest BCUT2D eigenvalue weighted by Crippen LogP contribution is 2.30. The van der Waals surface area contributed by atoms with Gasteiger partial charge in [-0.3, -0.25) is 9.69 Å². The number of aromatic nitrogens is 2. The summed E-state index contributed by atoms with van der Waals surface area (Å²) in [6.07, 6.45) is 0.856. The molecule has 0 spiro atoms. The van der Waals surface area contributed by atoms with Crippen molar-refractivity contribution in [2.45, 2.75) is 44.4 Å². The van der Waals surface area contributed by atoms with Gasteiger partial charge in [0, 0.05) is 19.5 Å². The van der Waals surface area contributed by atoms with Crippen LogP contribution in [-0.4, -0.2) is 33.9 Å². The van der Waals surface area contributed by atoms with Gasteiger partial charge in [0.05, 0.1) is 46.9 Å². The van der Waals surface area contributed by atoms with Crippen LogP contribution < -0.4 is 5.32 Å². The van der Waals surface area contributed by atoms with Crippen molar-refractivity contribution < 1.29 is 18.0 Å². The quantitative estimate of drug-likeness (QED) is 0.494. The van der Waals surface area contributed by atoms with Gasteiger partial charge in [-0.1, -0.05) is 30.3 Å². The lowest BCUT2D eigenvalue weighted by molar-refractivity contribution is -0.137. The van der Waals surface area contributed by atoms with E-state index in [0.29, 0.717) is 37.1 Å². The monoisotopic (exact) mass is 495 g/mol. The summed E-state index contributed by atoms with van der Waals surface area (Å²) in [6, 6.07) is 14.7. The third-order valence-electron chi connectivity index (χ3n) is 6.67. The number of hydrogen-bond acceptors (Lipinski definition) is 4. The number of rotatable bonds is 7. The topological polar surface area (TPSA) is 84.8 Å². The molecule has 0 aliphatic carbocycles. The molecule has 0 saturated carbocycles. The number of piperidine rings is 1. The number of imidazole rings is 1. The minimum atomic E-state index is -4.38. The fourth-order valence-corrected chi connectivity index (χ4v) is 4.76. The molecule has 1 aliphatic rings. The van der Waals surface area contributed by atoms with E-state index in [1.807, 2.05) is 24.0 Å². The number of halogens is 3. The van der Waals surface area contributed by atoms with Crippen LogP contribution in [0.2, 0.25) is 0 Å². The van der Waals surface area contributed by atoms with Crippen molar-refractivity contribution in [3.05, 3.63) is 89.0 Å². The summed E-state index contributed by atoms with van der Waals surface area (Å²) in [4.78, 5) is 22.7. The molecule has 2 heterocycles. The van der Waals surface area contributed by atoms with Crippen LogP contribution in [0.1, 0.15) is 47.7 Å². The molecule has 3 aromatic rings. The van der Waals surface area contributed by atoms with E-state index in [4.69, 9.17) is 5.26 Å². The molecule has 0 radical (unpaired) electrons. The Morgan fingerprint density at radius 2 is 2.00 bits per heavy atom. The Bertz CT molecular complexity index is 1220. The average molecular weight is 496 g/mol. The number of hydrogen-bond donors (Lipinski definition) is 2. The predicted molar refractivity (Wildman–Crippen MR) is 128 cm³/mol. The van der Waals surface area contributed by atoms with Crippen LogP contribution in [0.25, 0.3) is 0 Å². The van der Waals surface area contributed by atoms with Crippen molar-refractivity contribution in [2.75, 3.05) is 13.1 Å². The van der Waals surface area contributed by atoms with E-state index in [1.54, 1.807) is 30.7 Å². The van der Waals surface area contributed by atoms with Crippen molar-refractivity contribution in [1.82, 2.24) is 20.2 Å². The smallest absolute Gasteiger partial charge is 0.347 e. The second kappa shape index (κ2) is 10.5. The number of likely N-dealkylation sites (tertiary alicyclic amines) is 1. The summed E-state index contributed by atoms with van der Waals surface area (Å²) in [6.45, 7) is 3.48. The Morgan fingerprint density at radius 3 is 2.67 bits per heavy atom. The maximum absolute atomic E-state index is 13.4. The standard InChI is InChI=1S/C27H28F3N5O/c1-26(24-15-32-18-33-24,13-19-7-9-20(14-31)10-8-19)34-25(36)22-5-3-11-35(17-22)16-21-4-2-6-23(12-21)27(28,29)30/h2,4,6-10,12,15,18,22H,3,5,11,13,16-17H2,1H3,(H,32,33)(H,34,36)/t22-,26?/m0/s1. The number of aromatic amines is 1. The number of H-pyrrole nitrogens is 1. The normalized spacial score (nSPS) is 18.2. The molecule has 188 valence electrons. The first-order chi connectivity index (χ1) is 17.2. The van der Waals surface area contributed by atoms with Gasteiger partial charge < -0.3 is 10.3 Å². The molecule has 0 bridgehead atoms. The first-order valence-electron chi connectivity index (χ1n) is 11.8. The lowest BCUT2D eigenvalue weighted by Gasteiger charge is -2.36. The van der Waals surface area contributed by atoms with Crippen molar-refractivity contribution in [3.63, 3.8) is 0 Å². The second-order valence-electron chi connectivity index (χ2n) is 9.54. The first kappa shape index (κ1) is 25.5. The molecule has 1 unspecified atom stereocenters. The van der Waals surface area contributed by atoms with Gasteiger partial charge in [-0.15, -0.1) is 0 Å². The Kier molecular flexibility index (Phi) is 7.45. The first-order valence-corrected chi connectivity index (χ1v) is 11.8. The molecular weight excluding hydrogens is 467 g/mol. The average Bonchev–Trinajstić information content (AvgIpc) is 3.40. The largest absolute Gasteiger partial charge is 0.416 e. The van der Waals surface area contributed by atoms with Crippen LogP contribution in [0.5, 0.6) is 0 Å². The van der Waals surface area contributed by atoms with E-state index in [2.05, 4.69) is 21.4 Å². The summed E-state index contributed by atoms with van der Waals surface area (Å²) in [5, 5.41) is 12.3. The molecule has 1 saturated heterocycles. The van der Waals surface area contributed by atoms with Crippen molar-refractivity contribution in [3.8, 4) is 6.07 Å². The van der Waals surface area contributed by atoms with Crippen LogP contribution >= 0.6 is 0 Å². The van der Waals surface area contributed by atoms with E-state index in [1.165, 1.54) is 12.1 Å². The zero-order chi connectivity index (χ0) is 25.8. The summed E-state index contributed by atoms with van der Waals surface area (Å²) in [7, 11) is 0. The van der Waals surface area contributed by atoms with Gasteiger partial charge in [0.2, 0.25) is 5.91 Å². The van der Waals surface area contributed by atoms with E-state index < -0.39 is 17.3 Å². The number of carbonyl (C=O) groups excluding carboxylic acids is 1. The van der Waals surface area contributed by atoms with Crippen LogP contribution in [0, 0.1) is 17.2 Å². The van der Waals surface area contributed by atoms with E-state index >= 15 is 0 Å². The third kappa shape index (κ3) is 6.13. The Hall–Kier alpha value is -3.64. The van der Waals surface area contributed by atoms with Gasteiger partial charge in [-0.2, -0.15) is 18.4 Å². The highest BCUT2D eigenvalue weighted by atomic mass is 19.4. The zero-order valence-electron chi connectivity index (χ0n) is 20.0. The fraction of sp³-hybridized carbons (Fsp3) is 0.370. The summed E-state index contributed by atoms with van der Waals surface area (Å²) in [5.41, 5.74) is 1.44. The highest BCUT2D eigenvalue weighted by Gasteiger charge is 2.35. The van der Waals surface area contributed by atoms with Gasteiger partial charge in [-0.05, 0) is 55.6 Å². The van der Waals surface area contributed by atoms with Gasteiger partial charge in [0.25, 0.3) is 0 Å². The highest BCUT2D eigenvalue weighted by molar-refractivity contribution is 5.80. The molecule has 6 nitrogen and oxygen atoms in total. The number of nitrogens with one attached hydrogen (secondary N) is 2. The molecule has 2 N–H and O–H groups in total. The minimum Gasteiger partial charge on any atom is -0.347 e. The Morgan fingerprint density at radius 1 is 1.22 bits per heavy atom. The summed E-state index contributed by atoms with van der Waals surface area (Å²) >= 11 is 0. The van der Waals surface area contributed by atoms with Gasteiger partial charge in [0.1, 0.15) is 0 Å². The van der Waals surface area contributed by atoms with Crippen LogP contribution in [0.15, 0.2) is 61.1 Å². The van der Waals surface area contributed by atoms with E-state index in [-0.39, 0.29) is 11.8 Å². The number of nitriles is 1. The van der Waals surface area contributed by atoms with E-state index in [9.17, 15) is 18.0 Å².